The molecule has 1 saturated heterocycles. The quantitative estimate of drug-likeness (QED) is 0.463. The number of nitrogens with zero attached hydrogens (tertiary/aromatic N) is 3. The molecule has 1 aliphatic rings. The average Bonchev–Trinajstić information content (AvgIpc) is 3.26. The van der Waals surface area contributed by atoms with Gasteiger partial charge in [-0.15, -0.1) is 0 Å². The molecule has 0 atom stereocenters. The van der Waals surface area contributed by atoms with Crippen LogP contribution in [0.15, 0.2) is 84.0 Å². The Labute approximate surface area is 186 Å². The summed E-state index contributed by atoms with van der Waals surface area (Å²) in [6.45, 7) is 3.18. The van der Waals surface area contributed by atoms with E-state index in [2.05, 4.69) is 39.1 Å². The molecule has 2 heterocycles. The highest BCUT2D eigenvalue weighted by Crippen LogP contribution is 2.26. The van der Waals surface area contributed by atoms with Gasteiger partial charge in [-0.2, -0.15) is 0 Å². The minimum Gasteiger partial charge on any atom is -0.368 e. The summed E-state index contributed by atoms with van der Waals surface area (Å²) in [5.41, 5.74) is 5.05. The average molecular weight is 429 g/mol. The number of benzene rings is 3. The van der Waals surface area contributed by atoms with Gasteiger partial charge in [0.1, 0.15) is 0 Å². The number of aromatic amines is 1. The van der Waals surface area contributed by atoms with Crippen molar-refractivity contribution in [3.8, 4) is 0 Å². The smallest absolute Gasteiger partial charge is 0.254 e. The summed E-state index contributed by atoms with van der Waals surface area (Å²) in [4.78, 5) is 25.6. The van der Waals surface area contributed by atoms with E-state index in [1.165, 1.54) is 5.69 Å². The van der Waals surface area contributed by atoms with Gasteiger partial charge in [-0.1, -0.05) is 60.3 Å². The monoisotopic (exact) mass is 428 g/mol. The minimum atomic E-state index is 0.119. The lowest BCUT2D eigenvalue weighted by molar-refractivity contribution is 0.0746. The van der Waals surface area contributed by atoms with Gasteiger partial charge >= 0.3 is 0 Å². The molecule has 0 radical (unpaired) electrons. The fourth-order valence-corrected chi connectivity index (χ4v) is 4.86. The number of aromatic nitrogens is 2. The molecule has 0 saturated carbocycles. The van der Waals surface area contributed by atoms with Crippen LogP contribution in [0.2, 0.25) is 0 Å². The van der Waals surface area contributed by atoms with Crippen LogP contribution in [0.4, 0.5) is 5.69 Å². The molecule has 5 nitrogen and oxygen atoms in total. The Morgan fingerprint density at radius 3 is 2.39 bits per heavy atom. The summed E-state index contributed by atoms with van der Waals surface area (Å²) >= 11 is 1.63. The molecule has 3 aromatic carbocycles. The summed E-state index contributed by atoms with van der Waals surface area (Å²) < 4.78 is 0. The van der Waals surface area contributed by atoms with Crippen LogP contribution in [0, 0.1) is 0 Å². The minimum absolute atomic E-state index is 0.119. The summed E-state index contributed by atoms with van der Waals surface area (Å²) in [6.07, 6.45) is 0. The Bertz CT molecular complexity index is 1150. The van der Waals surface area contributed by atoms with Gasteiger partial charge in [0.2, 0.25) is 0 Å². The first-order valence-corrected chi connectivity index (χ1v) is 11.5. The van der Waals surface area contributed by atoms with Crippen molar-refractivity contribution in [3.05, 3.63) is 90.0 Å². The third-order valence-electron chi connectivity index (χ3n) is 5.67. The number of H-pyrrole nitrogens is 1. The number of hydrogen-bond acceptors (Lipinski definition) is 4. The Kier molecular flexibility index (Phi) is 5.63. The van der Waals surface area contributed by atoms with Gasteiger partial charge < -0.3 is 14.8 Å². The summed E-state index contributed by atoms with van der Waals surface area (Å²) in [7, 11) is 0. The topological polar surface area (TPSA) is 52.2 Å². The second-order valence-electron chi connectivity index (χ2n) is 7.62. The van der Waals surface area contributed by atoms with Gasteiger partial charge in [-0.25, -0.2) is 4.98 Å². The predicted octanol–water partition coefficient (Wildman–Crippen LogP) is 4.82. The van der Waals surface area contributed by atoms with E-state index in [1.807, 2.05) is 59.5 Å². The SMILES string of the molecule is O=C(c1ccccc1CSc1nc2ccccc2[nH]1)N1CCN(c2ccccc2)CC1. The Balaban J connectivity index is 1.26. The van der Waals surface area contributed by atoms with Crippen molar-refractivity contribution < 1.29 is 4.79 Å². The van der Waals surface area contributed by atoms with E-state index < -0.39 is 0 Å². The molecule has 0 bridgehead atoms. The lowest BCUT2D eigenvalue weighted by atomic mass is 10.1. The number of imidazole rings is 1. The van der Waals surface area contributed by atoms with Crippen LogP contribution in [0.1, 0.15) is 15.9 Å². The lowest BCUT2D eigenvalue weighted by Crippen LogP contribution is -2.49. The Hall–Kier alpha value is -3.25. The maximum absolute atomic E-state index is 13.3. The first-order chi connectivity index (χ1) is 15.3. The third-order valence-corrected chi connectivity index (χ3v) is 6.59. The maximum atomic E-state index is 13.3. The van der Waals surface area contributed by atoms with Crippen LogP contribution in [-0.2, 0) is 5.75 Å². The molecule has 1 N–H and O–H groups in total. The van der Waals surface area contributed by atoms with Crippen LogP contribution in [0.25, 0.3) is 11.0 Å². The van der Waals surface area contributed by atoms with E-state index >= 15 is 0 Å². The van der Waals surface area contributed by atoms with E-state index in [0.717, 1.165) is 53.5 Å². The fourth-order valence-electron chi connectivity index (χ4n) is 3.98. The van der Waals surface area contributed by atoms with Gasteiger partial charge in [-0.3, -0.25) is 4.79 Å². The molecule has 1 fully saturated rings. The highest BCUT2D eigenvalue weighted by atomic mass is 32.2. The zero-order valence-corrected chi connectivity index (χ0v) is 18.0. The van der Waals surface area contributed by atoms with E-state index in [1.54, 1.807) is 11.8 Å². The van der Waals surface area contributed by atoms with Crippen molar-refractivity contribution in [2.45, 2.75) is 10.9 Å². The van der Waals surface area contributed by atoms with Crippen molar-refractivity contribution in [1.82, 2.24) is 14.9 Å². The van der Waals surface area contributed by atoms with Crippen LogP contribution in [0.3, 0.4) is 0 Å². The van der Waals surface area contributed by atoms with E-state index in [4.69, 9.17) is 0 Å². The second-order valence-corrected chi connectivity index (χ2v) is 8.58. The van der Waals surface area contributed by atoms with Crippen molar-refractivity contribution in [2.75, 3.05) is 31.1 Å². The number of anilines is 1. The van der Waals surface area contributed by atoms with Crippen molar-refractivity contribution in [1.29, 1.82) is 0 Å². The largest absolute Gasteiger partial charge is 0.368 e. The maximum Gasteiger partial charge on any atom is 0.254 e. The number of piperazine rings is 1. The number of fused-ring (bicyclic) bond motifs is 1. The molecule has 1 aromatic heterocycles. The fraction of sp³-hybridized carbons (Fsp3) is 0.200. The number of thioether (sulfide) groups is 1. The molecule has 31 heavy (non-hydrogen) atoms. The van der Waals surface area contributed by atoms with Crippen LogP contribution in [-0.4, -0.2) is 47.0 Å². The first kappa shape index (κ1) is 19.7. The van der Waals surface area contributed by atoms with E-state index in [-0.39, 0.29) is 5.91 Å². The molecule has 156 valence electrons. The number of amides is 1. The molecule has 0 spiro atoms. The van der Waals surface area contributed by atoms with Gasteiger partial charge in [0.25, 0.3) is 5.91 Å². The number of rotatable bonds is 5. The molecule has 1 aliphatic heterocycles. The zero-order valence-electron chi connectivity index (χ0n) is 17.2. The van der Waals surface area contributed by atoms with Gasteiger partial charge in [-0.05, 0) is 35.9 Å². The number of para-hydroxylation sites is 3. The Morgan fingerprint density at radius 2 is 1.58 bits per heavy atom. The first-order valence-electron chi connectivity index (χ1n) is 10.5. The second kappa shape index (κ2) is 8.86. The van der Waals surface area contributed by atoms with Crippen molar-refractivity contribution in [3.63, 3.8) is 0 Å². The van der Waals surface area contributed by atoms with Crippen LogP contribution >= 0.6 is 11.8 Å². The summed E-state index contributed by atoms with van der Waals surface area (Å²) in [6, 6.07) is 26.4. The molecule has 0 aliphatic carbocycles. The van der Waals surface area contributed by atoms with Gasteiger partial charge in [0, 0.05) is 43.2 Å². The molecule has 4 aromatic rings. The van der Waals surface area contributed by atoms with E-state index in [0.29, 0.717) is 5.75 Å². The Morgan fingerprint density at radius 1 is 0.871 bits per heavy atom. The van der Waals surface area contributed by atoms with Crippen molar-refractivity contribution in [2.24, 2.45) is 0 Å². The molecule has 6 heteroatoms. The summed E-state index contributed by atoms with van der Waals surface area (Å²) in [5, 5.41) is 0.875. The number of carbonyl (C=O) groups excluding carboxylic acids is 1. The molecule has 1 amide bonds. The number of nitrogens with one attached hydrogen (secondary N) is 1. The van der Waals surface area contributed by atoms with Gasteiger partial charge in [0.05, 0.1) is 11.0 Å². The standard InChI is InChI=1S/C25H24N4OS/c30-24(29-16-14-28(15-17-29)20-9-2-1-3-10-20)21-11-5-4-8-19(21)18-31-25-26-22-12-6-7-13-23(22)27-25/h1-13H,14-18H2,(H,26,27). The number of hydrogen-bond donors (Lipinski definition) is 1. The highest BCUT2D eigenvalue weighted by molar-refractivity contribution is 7.98. The lowest BCUT2D eigenvalue weighted by Gasteiger charge is -2.36. The van der Waals surface area contributed by atoms with Crippen LogP contribution < -0.4 is 4.90 Å². The van der Waals surface area contributed by atoms with E-state index in [9.17, 15) is 4.79 Å². The highest BCUT2D eigenvalue weighted by Gasteiger charge is 2.24. The molecular weight excluding hydrogens is 404 g/mol. The predicted molar refractivity (Wildman–Crippen MR) is 127 cm³/mol. The van der Waals surface area contributed by atoms with Gasteiger partial charge in [0.15, 0.2) is 5.16 Å². The summed E-state index contributed by atoms with van der Waals surface area (Å²) in [5.74, 6) is 0.819. The zero-order chi connectivity index (χ0) is 21.0. The molecule has 5 rings (SSSR count). The normalized spacial score (nSPS) is 14.2. The molecular formula is C25H24N4OS. The van der Waals surface area contributed by atoms with Crippen molar-refractivity contribution >= 4 is 34.4 Å². The van der Waals surface area contributed by atoms with Crippen LogP contribution in [0.5, 0.6) is 0 Å². The molecule has 0 unspecified atom stereocenters. The third kappa shape index (κ3) is 4.30. The number of carbonyl (C=O) groups is 1.